The Kier molecular flexibility index (Phi) is 3.21. The molecule has 25 heavy (non-hydrogen) atoms. The number of nitrogens with zero attached hydrogens (tertiary/aromatic N) is 2. The van der Waals surface area contributed by atoms with Gasteiger partial charge in [0.25, 0.3) is 5.69 Å². The number of carbonyl (C=O) groups excluding carboxylic acids is 2. The van der Waals surface area contributed by atoms with E-state index in [9.17, 15) is 24.8 Å². The van der Waals surface area contributed by atoms with E-state index in [0.717, 1.165) is 11.0 Å². The van der Waals surface area contributed by atoms with Crippen LogP contribution in [0.4, 0.5) is 11.4 Å². The topological polar surface area (TPSA) is 119 Å². The monoisotopic (exact) mass is 346 g/mol. The number of hydrogen-bond donors (Lipinski definition) is 1. The normalized spacial score (nSPS) is 32.4. The van der Waals surface area contributed by atoms with Gasteiger partial charge in [0.15, 0.2) is 0 Å². The molecule has 2 saturated heterocycles. The van der Waals surface area contributed by atoms with Crippen LogP contribution < -0.4 is 9.64 Å². The van der Waals surface area contributed by atoms with Crippen LogP contribution in [0, 0.1) is 22.0 Å². The van der Waals surface area contributed by atoms with Crippen LogP contribution in [0.15, 0.2) is 30.4 Å². The van der Waals surface area contributed by atoms with Crippen molar-refractivity contribution in [2.24, 2.45) is 11.8 Å². The number of aliphatic hydroxyl groups is 1. The predicted octanol–water partition coefficient (Wildman–Crippen LogP) is 0.409. The molecule has 2 bridgehead atoms. The molecule has 9 nitrogen and oxygen atoms in total. The third-order valence-corrected chi connectivity index (χ3v) is 5.02. The zero-order valence-corrected chi connectivity index (χ0v) is 13.1. The molecule has 3 heterocycles. The number of nitro groups is 1. The number of anilines is 1. The Bertz CT molecular complexity index is 836. The fourth-order valence-electron chi connectivity index (χ4n) is 3.89. The maximum atomic E-state index is 13.0. The van der Waals surface area contributed by atoms with Crippen molar-refractivity contribution in [2.45, 2.75) is 11.7 Å². The first kappa shape index (κ1) is 15.7. The van der Waals surface area contributed by atoms with Crippen molar-refractivity contribution < 1.29 is 29.1 Å². The Balaban J connectivity index is 1.81. The number of methoxy groups -OCH3 is 1. The van der Waals surface area contributed by atoms with Crippen molar-refractivity contribution in [1.29, 1.82) is 0 Å². The van der Waals surface area contributed by atoms with Gasteiger partial charge >= 0.3 is 0 Å². The van der Waals surface area contributed by atoms with Gasteiger partial charge in [-0.3, -0.25) is 19.7 Å². The molecule has 1 aromatic carbocycles. The fourth-order valence-corrected chi connectivity index (χ4v) is 3.89. The first-order valence-corrected chi connectivity index (χ1v) is 7.62. The van der Waals surface area contributed by atoms with Crippen LogP contribution in [-0.2, 0) is 14.3 Å². The zero-order chi connectivity index (χ0) is 17.9. The van der Waals surface area contributed by atoms with Gasteiger partial charge in [0.2, 0.25) is 11.8 Å². The second-order valence-electron chi connectivity index (χ2n) is 6.18. The van der Waals surface area contributed by atoms with Crippen molar-refractivity contribution in [2.75, 3.05) is 18.6 Å². The van der Waals surface area contributed by atoms with Crippen LogP contribution in [-0.4, -0.2) is 47.3 Å². The van der Waals surface area contributed by atoms with Gasteiger partial charge in [-0.15, -0.1) is 0 Å². The summed E-state index contributed by atoms with van der Waals surface area (Å²) in [7, 11) is 1.35. The van der Waals surface area contributed by atoms with E-state index in [1.54, 1.807) is 12.2 Å². The lowest BCUT2D eigenvalue weighted by atomic mass is 9.77. The van der Waals surface area contributed by atoms with Gasteiger partial charge in [0.1, 0.15) is 17.0 Å². The fraction of sp³-hybridized carbons (Fsp3) is 0.375. The SMILES string of the molecule is COc1ccc([N+](=O)[O-])cc1N1C(=O)[C@H]2[C@H]3C=C[C@@](CO)(O3)[C@H]2C1=O. The summed E-state index contributed by atoms with van der Waals surface area (Å²) in [5, 5.41) is 20.7. The highest BCUT2D eigenvalue weighted by Gasteiger charge is 2.67. The standard InChI is InChI=1S/C16H14N2O7/c1-24-10-3-2-8(18(22)23)6-9(10)17-14(20)12-11-4-5-16(7-19,25-11)13(12)15(17)21/h2-6,11-13,19H,7H2,1H3/t11-,12+,13-,16+/m1/s1. The number of nitro benzene ring substituents is 1. The lowest BCUT2D eigenvalue weighted by molar-refractivity contribution is -0.384. The second-order valence-corrected chi connectivity index (χ2v) is 6.18. The average molecular weight is 346 g/mol. The molecule has 0 unspecified atom stereocenters. The van der Waals surface area contributed by atoms with Gasteiger partial charge in [-0.05, 0) is 6.07 Å². The number of ether oxygens (including phenoxy) is 2. The molecule has 130 valence electrons. The number of carbonyl (C=O) groups is 2. The summed E-state index contributed by atoms with van der Waals surface area (Å²) in [5.74, 6) is -2.52. The van der Waals surface area contributed by atoms with Gasteiger partial charge in [0, 0.05) is 12.1 Å². The van der Waals surface area contributed by atoms with E-state index in [0.29, 0.717) is 0 Å². The molecule has 0 spiro atoms. The van der Waals surface area contributed by atoms with Crippen LogP contribution in [0.3, 0.4) is 0 Å². The van der Waals surface area contributed by atoms with Crippen molar-refractivity contribution in [3.63, 3.8) is 0 Å². The summed E-state index contributed by atoms with van der Waals surface area (Å²) in [6.45, 7) is -0.430. The molecule has 0 radical (unpaired) electrons. The molecule has 1 aromatic rings. The highest BCUT2D eigenvalue weighted by Crippen LogP contribution is 2.53. The predicted molar refractivity (Wildman–Crippen MR) is 83.0 cm³/mol. The molecule has 3 aliphatic rings. The number of amides is 2. The average Bonchev–Trinajstić information content (AvgIpc) is 3.25. The minimum Gasteiger partial charge on any atom is -0.495 e. The molecule has 0 saturated carbocycles. The molecule has 2 amide bonds. The second kappa shape index (κ2) is 5.11. The molecule has 0 aromatic heterocycles. The van der Waals surface area contributed by atoms with Gasteiger partial charge < -0.3 is 14.6 Å². The van der Waals surface area contributed by atoms with E-state index >= 15 is 0 Å². The molecule has 0 aliphatic carbocycles. The Morgan fingerprint density at radius 2 is 2.16 bits per heavy atom. The number of aliphatic hydroxyl groups excluding tert-OH is 1. The summed E-state index contributed by atoms with van der Waals surface area (Å²) >= 11 is 0. The zero-order valence-electron chi connectivity index (χ0n) is 13.1. The summed E-state index contributed by atoms with van der Waals surface area (Å²) in [4.78, 5) is 37.2. The van der Waals surface area contributed by atoms with Gasteiger partial charge in [-0.1, -0.05) is 12.2 Å². The minimum atomic E-state index is -1.22. The highest BCUT2D eigenvalue weighted by atomic mass is 16.6. The van der Waals surface area contributed by atoms with Gasteiger partial charge in [0.05, 0.1) is 36.6 Å². The Morgan fingerprint density at radius 1 is 1.40 bits per heavy atom. The number of imide groups is 1. The van der Waals surface area contributed by atoms with Crippen molar-refractivity contribution in [3.05, 3.63) is 40.5 Å². The van der Waals surface area contributed by atoms with E-state index in [1.807, 2.05) is 0 Å². The molecule has 4 atom stereocenters. The third-order valence-electron chi connectivity index (χ3n) is 5.02. The highest BCUT2D eigenvalue weighted by molar-refractivity contribution is 6.24. The van der Waals surface area contributed by atoms with Crippen molar-refractivity contribution in [1.82, 2.24) is 0 Å². The van der Waals surface area contributed by atoms with Crippen LogP contribution >= 0.6 is 0 Å². The third kappa shape index (κ3) is 1.90. The summed E-state index contributed by atoms with van der Waals surface area (Å²) in [6, 6.07) is 3.71. The van der Waals surface area contributed by atoms with Crippen molar-refractivity contribution >= 4 is 23.2 Å². The lowest BCUT2D eigenvalue weighted by Crippen LogP contribution is -2.43. The lowest BCUT2D eigenvalue weighted by Gasteiger charge is -2.26. The minimum absolute atomic E-state index is 0.0218. The summed E-state index contributed by atoms with van der Waals surface area (Å²) < 4.78 is 10.8. The molecular weight excluding hydrogens is 332 g/mol. The van der Waals surface area contributed by atoms with E-state index in [-0.39, 0.29) is 17.1 Å². The van der Waals surface area contributed by atoms with Crippen LogP contribution in [0.2, 0.25) is 0 Å². The first-order chi connectivity index (χ1) is 11.9. The molecular formula is C16H14N2O7. The number of non-ortho nitro benzene ring substituents is 1. The van der Waals surface area contributed by atoms with Crippen molar-refractivity contribution in [3.8, 4) is 5.75 Å². The Morgan fingerprint density at radius 3 is 2.80 bits per heavy atom. The Hall–Kier alpha value is -2.78. The molecule has 4 rings (SSSR count). The number of benzene rings is 1. The maximum Gasteiger partial charge on any atom is 0.271 e. The summed E-state index contributed by atoms with van der Waals surface area (Å²) in [5.41, 5.74) is -1.46. The quantitative estimate of drug-likeness (QED) is 0.363. The van der Waals surface area contributed by atoms with E-state index in [1.165, 1.54) is 19.2 Å². The smallest absolute Gasteiger partial charge is 0.271 e. The van der Waals surface area contributed by atoms with Gasteiger partial charge in [-0.2, -0.15) is 0 Å². The van der Waals surface area contributed by atoms with Crippen LogP contribution in [0.25, 0.3) is 0 Å². The van der Waals surface area contributed by atoms with E-state index < -0.39 is 46.9 Å². The summed E-state index contributed by atoms with van der Waals surface area (Å²) in [6.07, 6.45) is 2.68. The van der Waals surface area contributed by atoms with Gasteiger partial charge in [-0.25, -0.2) is 4.90 Å². The number of fused-ring (bicyclic) bond motifs is 5. The van der Waals surface area contributed by atoms with E-state index in [4.69, 9.17) is 9.47 Å². The molecule has 2 fully saturated rings. The molecule has 9 heteroatoms. The van der Waals surface area contributed by atoms with Crippen LogP contribution in [0.5, 0.6) is 5.75 Å². The number of hydrogen-bond acceptors (Lipinski definition) is 7. The Labute approximate surface area is 141 Å². The van der Waals surface area contributed by atoms with Crippen LogP contribution in [0.1, 0.15) is 0 Å². The first-order valence-electron chi connectivity index (χ1n) is 7.62. The van der Waals surface area contributed by atoms with E-state index in [2.05, 4.69) is 0 Å². The molecule has 3 aliphatic heterocycles. The number of rotatable bonds is 4. The molecule has 1 N–H and O–H groups in total. The maximum absolute atomic E-state index is 13.0. The largest absolute Gasteiger partial charge is 0.495 e.